The van der Waals surface area contributed by atoms with Gasteiger partial charge >= 0.3 is 0 Å². The second-order valence-corrected chi connectivity index (χ2v) is 6.00. The number of nitrogens with two attached hydrogens (primary N) is 1. The molecular formula is C19H20N2O3. The number of rotatable bonds is 3. The summed E-state index contributed by atoms with van der Waals surface area (Å²) >= 11 is 0. The van der Waals surface area contributed by atoms with Crippen molar-refractivity contribution in [2.24, 2.45) is 5.73 Å². The first-order valence-corrected chi connectivity index (χ1v) is 7.88. The van der Waals surface area contributed by atoms with Gasteiger partial charge in [-0.3, -0.25) is 9.59 Å². The van der Waals surface area contributed by atoms with Crippen LogP contribution in [0.25, 0.3) is 0 Å². The van der Waals surface area contributed by atoms with Gasteiger partial charge in [0, 0.05) is 17.3 Å². The number of hydrogen-bond donors (Lipinski definition) is 1. The van der Waals surface area contributed by atoms with E-state index < -0.39 is 0 Å². The smallest absolute Gasteiger partial charge is 0.258 e. The number of nitrogens with zero attached hydrogens (tertiary/aromatic N) is 1. The zero-order chi connectivity index (χ0) is 17.3. The Hall–Kier alpha value is -2.82. The molecule has 1 aliphatic heterocycles. The summed E-state index contributed by atoms with van der Waals surface area (Å²) in [6.07, 6.45) is 0.522. The molecule has 24 heavy (non-hydrogen) atoms. The van der Waals surface area contributed by atoms with Gasteiger partial charge < -0.3 is 15.4 Å². The lowest BCUT2D eigenvalue weighted by molar-refractivity contribution is -0.119. The highest BCUT2D eigenvalue weighted by molar-refractivity contribution is 6.08. The molecule has 0 saturated heterocycles. The van der Waals surface area contributed by atoms with E-state index in [0.29, 0.717) is 17.7 Å². The molecule has 0 fully saturated rings. The summed E-state index contributed by atoms with van der Waals surface area (Å²) in [6, 6.07) is 14.4. The fourth-order valence-corrected chi connectivity index (χ4v) is 3.26. The van der Waals surface area contributed by atoms with Crippen molar-refractivity contribution in [1.29, 1.82) is 0 Å². The van der Waals surface area contributed by atoms with Gasteiger partial charge in [-0.2, -0.15) is 0 Å². The third-order valence-corrected chi connectivity index (χ3v) is 4.49. The van der Waals surface area contributed by atoms with Gasteiger partial charge in [0.05, 0.1) is 13.0 Å². The maximum Gasteiger partial charge on any atom is 0.258 e. The van der Waals surface area contributed by atoms with Crippen LogP contribution in [-0.2, 0) is 4.79 Å². The molecule has 5 nitrogen and oxygen atoms in total. The van der Waals surface area contributed by atoms with E-state index in [-0.39, 0.29) is 23.8 Å². The van der Waals surface area contributed by atoms with Crippen molar-refractivity contribution in [1.82, 2.24) is 0 Å². The first kappa shape index (κ1) is 16.1. The summed E-state index contributed by atoms with van der Waals surface area (Å²) in [6.45, 7) is 1.94. The van der Waals surface area contributed by atoms with Gasteiger partial charge in [-0.25, -0.2) is 0 Å². The molecule has 0 bridgehead atoms. The Labute approximate surface area is 141 Å². The van der Waals surface area contributed by atoms with Crippen LogP contribution in [0.5, 0.6) is 5.75 Å². The first-order valence-electron chi connectivity index (χ1n) is 7.88. The van der Waals surface area contributed by atoms with Gasteiger partial charge in [0.1, 0.15) is 5.75 Å². The summed E-state index contributed by atoms with van der Waals surface area (Å²) in [5, 5.41) is 0. The Balaban J connectivity index is 2.01. The number of fused-ring (bicyclic) bond motifs is 1. The molecule has 0 spiro atoms. The normalized spacial score (nSPS) is 19.5. The maximum atomic E-state index is 13.0. The molecule has 2 N–H and O–H groups in total. The third kappa shape index (κ3) is 2.73. The van der Waals surface area contributed by atoms with Crippen molar-refractivity contribution in [3.63, 3.8) is 0 Å². The highest BCUT2D eigenvalue weighted by atomic mass is 16.5. The van der Waals surface area contributed by atoms with Gasteiger partial charge in [0.2, 0.25) is 5.91 Å². The Bertz CT molecular complexity index is 770. The molecule has 2 atom stereocenters. The van der Waals surface area contributed by atoms with Crippen molar-refractivity contribution in [2.75, 3.05) is 12.0 Å². The second-order valence-electron chi connectivity index (χ2n) is 6.00. The molecule has 2 amide bonds. The molecule has 1 aliphatic rings. The van der Waals surface area contributed by atoms with Crippen LogP contribution in [-0.4, -0.2) is 25.0 Å². The molecule has 1 heterocycles. The van der Waals surface area contributed by atoms with Crippen LogP contribution >= 0.6 is 0 Å². The summed E-state index contributed by atoms with van der Waals surface area (Å²) in [4.78, 5) is 26.5. The van der Waals surface area contributed by atoms with Crippen molar-refractivity contribution >= 4 is 17.5 Å². The summed E-state index contributed by atoms with van der Waals surface area (Å²) < 4.78 is 5.14. The highest BCUT2D eigenvalue weighted by Crippen LogP contribution is 2.39. The number of primary amides is 1. The average Bonchev–Trinajstić information content (AvgIpc) is 2.60. The van der Waals surface area contributed by atoms with Crippen LogP contribution in [0, 0.1) is 0 Å². The largest absolute Gasteiger partial charge is 0.497 e. The lowest BCUT2D eigenvalue weighted by atomic mass is 9.85. The zero-order valence-electron chi connectivity index (χ0n) is 13.7. The lowest BCUT2D eigenvalue weighted by Crippen LogP contribution is -2.45. The van der Waals surface area contributed by atoms with Crippen LogP contribution in [0.4, 0.5) is 5.69 Å². The second kappa shape index (κ2) is 6.35. The van der Waals surface area contributed by atoms with Gasteiger partial charge in [-0.1, -0.05) is 18.2 Å². The van der Waals surface area contributed by atoms with Gasteiger partial charge in [0.25, 0.3) is 5.91 Å². The van der Waals surface area contributed by atoms with E-state index >= 15 is 0 Å². The predicted octanol–water partition coefficient (Wildman–Crippen LogP) is 2.70. The lowest BCUT2D eigenvalue weighted by Gasteiger charge is -2.38. The summed E-state index contributed by atoms with van der Waals surface area (Å²) in [7, 11) is 1.59. The molecule has 2 aromatic rings. The van der Waals surface area contributed by atoms with E-state index in [1.54, 1.807) is 36.3 Å². The number of ether oxygens (including phenoxy) is 1. The maximum absolute atomic E-state index is 13.0. The van der Waals surface area contributed by atoms with E-state index in [1.165, 1.54) is 0 Å². The number of benzene rings is 2. The number of para-hydroxylation sites is 1. The number of carbonyl (C=O) groups excluding carboxylic acids is 2. The summed E-state index contributed by atoms with van der Waals surface area (Å²) in [5.41, 5.74) is 7.69. The number of amides is 2. The fraction of sp³-hybridized carbons (Fsp3) is 0.263. The Morgan fingerprint density at radius 3 is 2.42 bits per heavy atom. The molecule has 0 aromatic heterocycles. The van der Waals surface area contributed by atoms with Crippen LogP contribution < -0.4 is 15.4 Å². The zero-order valence-corrected chi connectivity index (χ0v) is 13.7. The van der Waals surface area contributed by atoms with Crippen LogP contribution in [0.2, 0.25) is 0 Å². The Morgan fingerprint density at radius 2 is 1.79 bits per heavy atom. The van der Waals surface area contributed by atoms with Crippen molar-refractivity contribution < 1.29 is 14.3 Å². The standard InChI is InChI=1S/C19H20N2O3/c1-12-11-16(18(20)22)15-5-3-4-6-17(15)21(12)19(23)13-7-9-14(24-2)10-8-13/h3-10,12,16H,11H2,1-2H3,(H2,20,22)/t12-,16+/m0/s1. The molecule has 124 valence electrons. The molecule has 3 rings (SSSR count). The van der Waals surface area contributed by atoms with Crippen LogP contribution in [0.1, 0.15) is 35.2 Å². The van der Waals surface area contributed by atoms with Crippen molar-refractivity contribution in [3.05, 3.63) is 59.7 Å². The molecule has 0 aliphatic carbocycles. The topological polar surface area (TPSA) is 72.6 Å². The summed E-state index contributed by atoms with van der Waals surface area (Å²) in [5.74, 6) is -0.116. The van der Waals surface area contributed by atoms with E-state index in [9.17, 15) is 9.59 Å². The van der Waals surface area contributed by atoms with Crippen LogP contribution in [0.3, 0.4) is 0 Å². The van der Waals surface area contributed by atoms with Gasteiger partial charge in [-0.15, -0.1) is 0 Å². The van der Waals surface area contributed by atoms with E-state index in [2.05, 4.69) is 0 Å². The van der Waals surface area contributed by atoms with Gasteiger partial charge in [0.15, 0.2) is 0 Å². The molecule has 2 aromatic carbocycles. The molecular weight excluding hydrogens is 304 g/mol. The minimum Gasteiger partial charge on any atom is -0.497 e. The number of carbonyl (C=O) groups is 2. The number of anilines is 1. The minimum atomic E-state index is -0.365. The van der Waals surface area contributed by atoms with E-state index in [4.69, 9.17) is 10.5 Å². The first-order chi connectivity index (χ1) is 11.5. The van der Waals surface area contributed by atoms with Crippen molar-refractivity contribution in [3.8, 4) is 5.75 Å². The van der Waals surface area contributed by atoms with E-state index in [0.717, 1.165) is 11.3 Å². The molecule has 0 radical (unpaired) electrons. The van der Waals surface area contributed by atoms with Gasteiger partial charge in [-0.05, 0) is 49.2 Å². The van der Waals surface area contributed by atoms with Crippen LogP contribution in [0.15, 0.2) is 48.5 Å². The van der Waals surface area contributed by atoms with E-state index in [1.807, 2.05) is 31.2 Å². The molecule has 5 heteroatoms. The quantitative estimate of drug-likeness (QED) is 0.943. The monoisotopic (exact) mass is 324 g/mol. The average molecular weight is 324 g/mol. The number of hydrogen-bond acceptors (Lipinski definition) is 3. The van der Waals surface area contributed by atoms with Crippen molar-refractivity contribution in [2.45, 2.75) is 25.3 Å². The highest BCUT2D eigenvalue weighted by Gasteiger charge is 2.36. The predicted molar refractivity (Wildman–Crippen MR) is 92.3 cm³/mol. The Kier molecular flexibility index (Phi) is 4.25. The SMILES string of the molecule is COc1ccc(C(=O)N2c3ccccc3[C@H](C(N)=O)C[C@@H]2C)cc1. The number of methoxy groups -OCH3 is 1. The fourth-order valence-electron chi connectivity index (χ4n) is 3.26. The Morgan fingerprint density at radius 1 is 1.12 bits per heavy atom. The minimum absolute atomic E-state index is 0.0967. The molecule has 0 saturated carbocycles. The molecule has 0 unspecified atom stereocenters. The third-order valence-electron chi connectivity index (χ3n) is 4.49.